The predicted octanol–water partition coefficient (Wildman–Crippen LogP) is -0.434. The molecule has 2 aromatic rings. The summed E-state index contributed by atoms with van der Waals surface area (Å²) in [4.78, 5) is 38.4. The van der Waals surface area contributed by atoms with Crippen molar-refractivity contribution in [1.82, 2.24) is 18.7 Å². The molecule has 0 bridgehead atoms. The first-order valence-electron chi connectivity index (χ1n) is 5.64. The van der Waals surface area contributed by atoms with E-state index in [1.54, 1.807) is 0 Å². The molecule has 102 valence electrons. The van der Waals surface area contributed by atoms with E-state index in [4.69, 9.17) is 0 Å². The second-order valence-corrected chi connectivity index (χ2v) is 4.48. The lowest BCUT2D eigenvalue weighted by Gasteiger charge is -2.08. The fourth-order valence-corrected chi connectivity index (χ4v) is 1.90. The molecule has 0 radical (unpaired) electrons. The molecule has 19 heavy (non-hydrogen) atoms. The quantitative estimate of drug-likeness (QED) is 0.707. The van der Waals surface area contributed by atoms with Crippen LogP contribution in [0.2, 0.25) is 0 Å². The zero-order chi connectivity index (χ0) is 14.3. The summed E-state index contributed by atoms with van der Waals surface area (Å²) in [6, 6.07) is -1.46. The standard InChI is InChI=1S/C11H13FN4O3/c1-6(8(12)17)4-16-5-13-9-7(16)10(18)15(3)11(19)14(9)2/h5-6H,4H2,1-3H3. The van der Waals surface area contributed by atoms with Crippen molar-refractivity contribution < 1.29 is 9.18 Å². The number of fused-ring (bicyclic) bond motifs is 1. The van der Waals surface area contributed by atoms with Gasteiger partial charge in [-0.05, 0) is 0 Å². The van der Waals surface area contributed by atoms with Gasteiger partial charge >= 0.3 is 11.7 Å². The molecule has 0 aliphatic rings. The van der Waals surface area contributed by atoms with Crippen LogP contribution >= 0.6 is 0 Å². The molecule has 0 aromatic carbocycles. The van der Waals surface area contributed by atoms with Gasteiger partial charge in [-0.25, -0.2) is 9.78 Å². The lowest BCUT2D eigenvalue weighted by atomic mass is 10.2. The summed E-state index contributed by atoms with van der Waals surface area (Å²) >= 11 is 0. The first-order chi connectivity index (χ1) is 8.84. The second kappa shape index (κ2) is 4.45. The van der Waals surface area contributed by atoms with Crippen molar-refractivity contribution in [2.45, 2.75) is 13.5 Å². The first-order valence-corrected chi connectivity index (χ1v) is 5.64. The number of carbonyl (C=O) groups excluding carboxylic acids is 1. The van der Waals surface area contributed by atoms with Gasteiger partial charge in [0.1, 0.15) is 0 Å². The van der Waals surface area contributed by atoms with E-state index in [0.29, 0.717) is 0 Å². The Kier molecular flexibility index (Phi) is 3.09. The highest BCUT2D eigenvalue weighted by Crippen LogP contribution is 2.09. The largest absolute Gasteiger partial charge is 0.332 e. The minimum atomic E-state index is -1.46. The van der Waals surface area contributed by atoms with Crippen molar-refractivity contribution in [2.75, 3.05) is 0 Å². The van der Waals surface area contributed by atoms with Gasteiger partial charge in [0, 0.05) is 20.6 Å². The van der Waals surface area contributed by atoms with Gasteiger partial charge < -0.3 is 4.57 Å². The number of aromatic nitrogens is 4. The third kappa shape index (κ3) is 1.98. The molecule has 0 aliphatic carbocycles. The monoisotopic (exact) mass is 268 g/mol. The zero-order valence-corrected chi connectivity index (χ0v) is 10.8. The molecule has 8 heteroatoms. The van der Waals surface area contributed by atoms with Crippen LogP contribution in [0.3, 0.4) is 0 Å². The second-order valence-electron chi connectivity index (χ2n) is 4.48. The minimum Gasteiger partial charge on any atom is -0.324 e. The van der Waals surface area contributed by atoms with Crippen molar-refractivity contribution in [3.8, 4) is 0 Å². The number of hydrogen-bond acceptors (Lipinski definition) is 4. The van der Waals surface area contributed by atoms with Crippen LogP contribution in [-0.2, 0) is 25.4 Å². The Morgan fingerprint density at radius 2 is 2.00 bits per heavy atom. The van der Waals surface area contributed by atoms with Crippen LogP contribution in [0.25, 0.3) is 11.2 Å². The first kappa shape index (κ1) is 13.2. The lowest BCUT2D eigenvalue weighted by Crippen LogP contribution is -2.37. The third-order valence-corrected chi connectivity index (χ3v) is 3.08. The van der Waals surface area contributed by atoms with E-state index in [1.807, 2.05) is 0 Å². The maximum atomic E-state index is 12.6. The highest BCUT2D eigenvalue weighted by Gasteiger charge is 2.18. The van der Waals surface area contributed by atoms with Crippen LogP contribution in [0, 0.1) is 5.92 Å². The van der Waals surface area contributed by atoms with E-state index in [2.05, 4.69) is 4.98 Å². The van der Waals surface area contributed by atoms with Crippen LogP contribution < -0.4 is 11.2 Å². The maximum absolute atomic E-state index is 12.6. The summed E-state index contributed by atoms with van der Waals surface area (Å²) in [6.45, 7) is 1.42. The van der Waals surface area contributed by atoms with Gasteiger partial charge in [0.2, 0.25) is 0 Å². The number of carbonyl (C=O) groups is 1. The molecule has 2 heterocycles. The van der Waals surface area contributed by atoms with Crippen molar-refractivity contribution in [3.05, 3.63) is 27.2 Å². The van der Waals surface area contributed by atoms with Crippen LogP contribution in [0.4, 0.5) is 4.39 Å². The minimum absolute atomic E-state index is 0.000717. The predicted molar refractivity (Wildman–Crippen MR) is 65.5 cm³/mol. The molecule has 2 aromatic heterocycles. The summed E-state index contributed by atoms with van der Waals surface area (Å²) < 4.78 is 16.2. The van der Waals surface area contributed by atoms with E-state index in [-0.39, 0.29) is 17.7 Å². The average Bonchev–Trinajstić information content (AvgIpc) is 2.77. The van der Waals surface area contributed by atoms with E-state index >= 15 is 0 Å². The number of aryl methyl sites for hydroxylation is 1. The molecule has 0 N–H and O–H groups in total. The van der Waals surface area contributed by atoms with Gasteiger partial charge in [-0.1, -0.05) is 6.92 Å². The summed E-state index contributed by atoms with van der Waals surface area (Å²) in [6.07, 6.45) is 1.32. The lowest BCUT2D eigenvalue weighted by molar-refractivity contribution is -0.133. The highest BCUT2D eigenvalue weighted by atomic mass is 19.1. The van der Waals surface area contributed by atoms with Gasteiger partial charge in [0.15, 0.2) is 11.2 Å². The van der Waals surface area contributed by atoms with Gasteiger partial charge in [0.05, 0.1) is 12.2 Å². The number of hydrogen-bond donors (Lipinski definition) is 0. The molecule has 0 aliphatic heterocycles. The molecule has 0 saturated carbocycles. The van der Waals surface area contributed by atoms with E-state index in [0.717, 1.165) is 4.57 Å². The van der Waals surface area contributed by atoms with Gasteiger partial charge in [-0.15, -0.1) is 0 Å². The van der Waals surface area contributed by atoms with E-state index in [1.165, 1.54) is 36.5 Å². The van der Waals surface area contributed by atoms with Crippen molar-refractivity contribution in [2.24, 2.45) is 20.0 Å². The SMILES string of the molecule is CC(Cn1cnc2c1c(=O)n(C)c(=O)n2C)C(=O)F. The zero-order valence-electron chi connectivity index (χ0n) is 10.8. The Balaban J connectivity index is 2.70. The molecule has 0 fully saturated rings. The fourth-order valence-electron chi connectivity index (χ4n) is 1.90. The van der Waals surface area contributed by atoms with Crippen molar-refractivity contribution in [3.63, 3.8) is 0 Å². The van der Waals surface area contributed by atoms with Crippen LogP contribution in [0.5, 0.6) is 0 Å². The Labute approximate surface area is 106 Å². The Morgan fingerprint density at radius 1 is 1.37 bits per heavy atom. The van der Waals surface area contributed by atoms with Crippen LogP contribution in [-0.4, -0.2) is 24.7 Å². The number of nitrogens with zero attached hydrogens (tertiary/aromatic N) is 4. The Hall–Kier alpha value is -2.25. The number of halogens is 1. The molecular formula is C11H13FN4O3. The normalized spacial score (nSPS) is 12.8. The Morgan fingerprint density at radius 3 is 2.58 bits per heavy atom. The summed E-state index contributed by atoms with van der Waals surface area (Å²) in [5, 5.41) is 0. The van der Waals surface area contributed by atoms with Crippen LogP contribution in [0.15, 0.2) is 15.9 Å². The molecule has 1 atom stereocenters. The molecule has 2 rings (SSSR count). The van der Waals surface area contributed by atoms with Crippen molar-refractivity contribution >= 4 is 17.2 Å². The number of imidazole rings is 1. The highest BCUT2D eigenvalue weighted by molar-refractivity contribution is 5.72. The molecular weight excluding hydrogens is 255 g/mol. The van der Waals surface area contributed by atoms with Crippen molar-refractivity contribution in [1.29, 1.82) is 0 Å². The van der Waals surface area contributed by atoms with E-state index in [9.17, 15) is 18.8 Å². The average molecular weight is 268 g/mol. The van der Waals surface area contributed by atoms with Crippen LogP contribution in [0.1, 0.15) is 6.92 Å². The Bertz CT molecular complexity index is 771. The topological polar surface area (TPSA) is 78.9 Å². The van der Waals surface area contributed by atoms with E-state index < -0.39 is 23.2 Å². The van der Waals surface area contributed by atoms with Gasteiger partial charge in [-0.3, -0.25) is 18.7 Å². The fraction of sp³-hybridized carbons (Fsp3) is 0.455. The molecule has 1 unspecified atom stereocenters. The number of rotatable bonds is 3. The summed E-state index contributed by atoms with van der Waals surface area (Å²) in [5.74, 6) is -0.876. The molecule has 0 amide bonds. The molecule has 7 nitrogen and oxygen atoms in total. The smallest absolute Gasteiger partial charge is 0.324 e. The summed E-state index contributed by atoms with van der Waals surface area (Å²) in [7, 11) is 2.84. The van der Waals surface area contributed by atoms with Gasteiger partial charge in [0.25, 0.3) is 5.56 Å². The third-order valence-electron chi connectivity index (χ3n) is 3.08. The molecule has 0 saturated heterocycles. The maximum Gasteiger partial charge on any atom is 0.332 e. The molecule has 0 spiro atoms. The van der Waals surface area contributed by atoms with Gasteiger partial charge in [-0.2, -0.15) is 4.39 Å². The summed E-state index contributed by atoms with van der Waals surface area (Å²) in [5.41, 5.74) is -0.615.